The van der Waals surface area contributed by atoms with Crippen molar-refractivity contribution >= 4 is 17.9 Å². The molecule has 2 atom stereocenters. The third kappa shape index (κ3) is 10.7. The second-order valence-corrected chi connectivity index (χ2v) is 8.08. The Labute approximate surface area is 176 Å². The largest absolute Gasteiger partial charge is 0.465 e. The molecule has 29 heavy (non-hydrogen) atoms. The second kappa shape index (κ2) is 15.3. The second-order valence-electron chi connectivity index (χ2n) is 8.08. The van der Waals surface area contributed by atoms with E-state index in [0.717, 1.165) is 57.8 Å². The molecule has 0 heterocycles. The summed E-state index contributed by atoms with van der Waals surface area (Å²) < 4.78 is 16.8. The molecular weight excluding hydrogens is 372 g/mol. The molecule has 1 rings (SSSR count). The first-order chi connectivity index (χ1) is 14.0. The van der Waals surface area contributed by atoms with Gasteiger partial charge in [0, 0.05) is 31.1 Å². The highest BCUT2D eigenvalue weighted by Gasteiger charge is 2.37. The van der Waals surface area contributed by atoms with Crippen LogP contribution in [0.3, 0.4) is 0 Å². The first kappa shape index (κ1) is 25.4. The molecule has 1 aliphatic carbocycles. The third-order valence-electron chi connectivity index (χ3n) is 5.47. The quantitative estimate of drug-likeness (QED) is 0.296. The van der Waals surface area contributed by atoms with E-state index >= 15 is 0 Å². The molecule has 0 aliphatic heterocycles. The van der Waals surface area contributed by atoms with Gasteiger partial charge in [0.05, 0.1) is 13.2 Å². The number of hydrogen-bond acceptors (Lipinski definition) is 6. The minimum absolute atomic E-state index is 0.0424. The summed E-state index contributed by atoms with van der Waals surface area (Å²) in [4.78, 5) is 36.1. The van der Waals surface area contributed by atoms with E-state index in [9.17, 15) is 14.4 Å². The number of hydrogen-bond donors (Lipinski definition) is 0. The van der Waals surface area contributed by atoms with E-state index in [2.05, 4.69) is 0 Å². The van der Waals surface area contributed by atoms with Crippen molar-refractivity contribution in [2.75, 3.05) is 13.2 Å². The number of rotatable bonds is 14. The molecule has 0 aromatic rings. The highest BCUT2D eigenvalue weighted by Crippen LogP contribution is 2.33. The predicted molar refractivity (Wildman–Crippen MR) is 111 cm³/mol. The van der Waals surface area contributed by atoms with Crippen molar-refractivity contribution in [3.8, 4) is 0 Å². The van der Waals surface area contributed by atoms with Crippen LogP contribution in [0.2, 0.25) is 0 Å². The van der Waals surface area contributed by atoms with Crippen molar-refractivity contribution < 1.29 is 28.6 Å². The molecule has 0 spiro atoms. The molecule has 1 saturated carbocycles. The van der Waals surface area contributed by atoms with Gasteiger partial charge in [0.25, 0.3) is 0 Å². The highest BCUT2D eigenvalue weighted by molar-refractivity contribution is 5.70. The molecule has 0 aromatic carbocycles. The number of carbonyl (C=O) groups excluding carboxylic acids is 3. The summed E-state index contributed by atoms with van der Waals surface area (Å²) in [5.74, 6) is -0.700. The fraction of sp³-hybridized carbons (Fsp3) is 0.870. The lowest BCUT2D eigenvalue weighted by atomic mass is 9.79. The normalized spacial score (nSPS) is 21.4. The smallest absolute Gasteiger partial charge is 0.306 e. The minimum atomic E-state index is -0.369. The van der Waals surface area contributed by atoms with Gasteiger partial charge in [-0.25, -0.2) is 0 Å². The topological polar surface area (TPSA) is 78.9 Å². The van der Waals surface area contributed by atoms with Gasteiger partial charge in [0.2, 0.25) is 0 Å². The number of ether oxygens (including phenoxy) is 3. The monoisotopic (exact) mass is 412 g/mol. The van der Waals surface area contributed by atoms with Gasteiger partial charge in [-0.05, 0) is 32.1 Å². The van der Waals surface area contributed by atoms with E-state index in [1.165, 1.54) is 0 Å². The van der Waals surface area contributed by atoms with Crippen molar-refractivity contribution in [3.63, 3.8) is 0 Å². The molecule has 6 heteroatoms. The Morgan fingerprint density at radius 2 is 1.10 bits per heavy atom. The van der Waals surface area contributed by atoms with Gasteiger partial charge >= 0.3 is 17.9 Å². The van der Waals surface area contributed by atoms with Crippen molar-refractivity contribution in [2.24, 2.45) is 11.8 Å². The third-order valence-corrected chi connectivity index (χ3v) is 5.47. The van der Waals surface area contributed by atoms with Crippen LogP contribution in [0.15, 0.2) is 0 Å². The lowest BCUT2D eigenvalue weighted by Gasteiger charge is -2.37. The molecule has 2 unspecified atom stereocenters. The molecule has 0 radical (unpaired) electrons. The number of unbranched alkanes of at least 4 members (excludes halogenated alkanes) is 3. The van der Waals surface area contributed by atoms with E-state index in [1.54, 1.807) is 0 Å². The molecule has 0 aromatic heterocycles. The first-order valence-corrected chi connectivity index (χ1v) is 11.5. The van der Waals surface area contributed by atoms with Gasteiger partial charge < -0.3 is 14.2 Å². The van der Waals surface area contributed by atoms with E-state index < -0.39 is 0 Å². The zero-order chi connectivity index (χ0) is 21.5. The standard InChI is InChI=1S/C23H40O6/c1-4-7-13-20(24)27-16-18-11-10-12-19(17-28-21(25)14-8-5-2)23(18)29-22(26)15-9-6-3/h18-19,23H,4-17H2,1-3H3. The van der Waals surface area contributed by atoms with Gasteiger partial charge in [-0.3, -0.25) is 14.4 Å². The summed E-state index contributed by atoms with van der Waals surface area (Å²) in [5.41, 5.74) is 0. The SMILES string of the molecule is CCCCC(=O)OCC1CCCC(COC(=O)CCCC)C1OC(=O)CCCC. The summed E-state index contributed by atoms with van der Waals surface area (Å²) in [6.07, 6.45) is 8.72. The summed E-state index contributed by atoms with van der Waals surface area (Å²) in [5, 5.41) is 0. The summed E-state index contributed by atoms with van der Waals surface area (Å²) >= 11 is 0. The van der Waals surface area contributed by atoms with Gasteiger partial charge in [-0.2, -0.15) is 0 Å². The van der Waals surface area contributed by atoms with Crippen LogP contribution in [-0.2, 0) is 28.6 Å². The van der Waals surface area contributed by atoms with E-state index in [4.69, 9.17) is 14.2 Å². The molecule has 168 valence electrons. The lowest BCUT2D eigenvalue weighted by molar-refractivity contribution is -0.166. The first-order valence-electron chi connectivity index (χ1n) is 11.5. The molecule has 6 nitrogen and oxygen atoms in total. The lowest BCUT2D eigenvalue weighted by Crippen LogP contribution is -2.42. The predicted octanol–water partition coefficient (Wildman–Crippen LogP) is 4.97. The molecule has 0 bridgehead atoms. The van der Waals surface area contributed by atoms with Gasteiger partial charge in [0.15, 0.2) is 0 Å². The summed E-state index contributed by atoms with van der Waals surface area (Å²) in [7, 11) is 0. The van der Waals surface area contributed by atoms with Crippen LogP contribution in [-0.4, -0.2) is 37.2 Å². The molecule has 1 fully saturated rings. The molecule has 0 N–H and O–H groups in total. The van der Waals surface area contributed by atoms with Crippen LogP contribution >= 0.6 is 0 Å². The molecule has 0 saturated heterocycles. The van der Waals surface area contributed by atoms with E-state index in [0.29, 0.717) is 19.3 Å². The van der Waals surface area contributed by atoms with Crippen molar-refractivity contribution in [1.82, 2.24) is 0 Å². The minimum Gasteiger partial charge on any atom is -0.465 e. The Kier molecular flexibility index (Phi) is 13.4. The highest BCUT2D eigenvalue weighted by atomic mass is 16.6. The van der Waals surface area contributed by atoms with Crippen molar-refractivity contribution in [3.05, 3.63) is 0 Å². The zero-order valence-corrected chi connectivity index (χ0v) is 18.6. The Morgan fingerprint density at radius 1 is 0.690 bits per heavy atom. The average Bonchev–Trinajstić information content (AvgIpc) is 2.72. The fourth-order valence-corrected chi connectivity index (χ4v) is 3.62. The fourth-order valence-electron chi connectivity index (χ4n) is 3.62. The molecular formula is C23H40O6. The van der Waals surface area contributed by atoms with Crippen LogP contribution in [0.25, 0.3) is 0 Å². The van der Waals surface area contributed by atoms with Crippen LogP contribution in [0.5, 0.6) is 0 Å². The Balaban J connectivity index is 2.68. The zero-order valence-electron chi connectivity index (χ0n) is 18.6. The van der Waals surface area contributed by atoms with E-state index in [1.807, 2.05) is 20.8 Å². The van der Waals surface area contributed by atoms with Gasteiger partial charge in [0.1, 0.15) is 6.10 Å². The van der Waals surface area contributed by atoms with Crippen LogP contribution < -0.4 is 0 Å². The summed E-state index contributed by atoms with van der Waals surface area (Å²) in [6, 6.07) is 0. The van der Waals surface area contributed by atoms with Crippen LogP contribution in [0.4, 0.5) is 0 Å². The van der Waals surface area contributed by atoms with Crippen LogP contribution in [0, 0.1) is 11.8 Å². The van der Waals surface area contributed by atoms with Crippen molar-refractivity contribution in [2.45, 2.75) is 104 Å². The maximum Gasteiger partial charge on any atom is 0.306 e. The Bertz CT molecular complexity index is 458. The number of carbonyl (C=O) groups is 3. The summed E-state index contributed by atoms with van der Waals surface area (Å²) in [6.45, 7) is 6.62. The molecule has 0 amide bonds. The maximum atomic E-state index is 12.3. The Morgan fingerprint density at radius 3 is 1.52 bits per heavy atom. The molecule has 1 aliphatic rings. The maximum absolute atomic E-state index is 12.3. The van der Waals surface area contributed by atoms with Crippen molar-refractivity contribution in [1.29, 1.82) is 0 Å². The number of esters is 3. The van der Waals surface area contributed by atoms with E-state index in [-0.39, 0.29) is 49.1 Å². The van der Waals surface area contributed by atoms with Crippen LogP contribution in [0.1, 0.15) is 97.8 Å². The van der Waals surface area contributed by atoms with Gasteiger partial charge in [-0.15, -0.1) is 0 Å². The van der Waals surface area contributed by atoms with Gasteiger partial charge in [-0.1, -0.05) is 46.5 Å². The average molecular weight is 413 g/mol. The Hall–Kier alpha value is -1.59.